The molecule has 5 heteroatoms. The summed E-state index contributed by atoms with van der Waals surface area (Å²) in [6.45, 7) is 11.1. The third-order valence-corrected chi connectivity index (χ3v) is 4.50. The zero-order valence-electron chi connectivity index (χ0n) is 14.6. The standard InChI is InChI=1S/C16H32N2O3/c1-11(2)17-16(5,15(19)20-7)10-12(3)18(6)14-8-9-21-13(14)4/h11-14,17H,8-10H2,1-7H3. The summed E-state index contributed by atoms with van der Waals surface area (Å²) in [7, 11) is 3.57. The molecule has 1 rings (SSSR count). The Morgan fingerprint density at radius 3 is 2.52 bits per heavy atom. The van der Waals surface area contributed by atoms with Crippen molar-refractivity contribution in [3.63, 3.8) is 0 Å². The van der Waals surface area contributed by atoms with Gasteiger partial charge in [-0.3, -0.25) is 15.0 Å². The Bertz CT molecular complexity index is 348. The molecule has 1 aliphatic rings. The molecule has 1 fully saturated rings. The lowest BCUT2D eigenvalue weighted by molar-refractivity contribution is -0.149. The molecule has 0 aromatic carbocycles. The van der Waals surface area contributed by atoms with Crippen LogP contribution in [0.5, 0.6) is 0 Å². The molecular weight excluding hydrogens is 268 g/mol. The molecule has 0 amide bonds. The summed E-state index contributed by atoms with van der Waals surface area (Å²) in [5.74, 6) is -0.202. The van der Waals surface area contributed by atoms with E-state index in [4.69, 9.17) is 9.47 Å². The van der Waals surface area contributed by atoms with Crippen molar-refractivity contribution in [2.24, 2.45) is 0 Å². The molecule has 1 saturated heterocycles. The average molecular weight is 300 g/mol. The average Bonchev–Trinajstić information content (AvgIpc) is 2.81. The first-order chi connectivity index (χ1) is 9.71. The van der Waals surface area contributed by atoms with E-state index in [0.29, 0.717) is 12.5 Å². The van der Waals surface area contributed by atoms with Gasteiger partial charge in [0.05, 0.1) is 13.2 Å². The molecule has 0 aliphatic carbocycles. The van der Waals surface area contributed by atoms with Crippen LogP contribution in [0.2, 0.25) is 0 Å². The monoisotopic (exact) mass is 300 g/mol. The first kappa shape index (κ1) is 18.4. The van der Waals surface area contributed by atoms with E-state index in [1.807, 2.05) is 20.8 Å². The fourth-order valence-corrected chi connectivity index (χ4v) is 3.38. The zero-order chi connectivity index (χ0) is 16.2. The van der Waals surface area contributed by atoms with E-state index in [-0.39, 0.29) is 24.2 Å². The largest absolute Gasteiger partial charge is 0.468 e. The van der Waals surface area contributed by atoms with Crippen molar-refractivity contribution in [1.29, 1.82) is 0 Å². The van der Waals surface area contributed by atoms with Crippen molar-refractivity contribution in [2.75, 3.05) is 20.8 Å². The molecule has 0 spiro atoms. The van der Waals surface area contributed by atoms with Gasteiger partial charge in [0, 0.05) is 24.7 Å². The Labute approximate surface area is 129 Å². The van der Waals surface area contributed by atoms with Crippen molar-refractivity contribution in [2.45, 2.75) is 77.2 Å². The van der Waals surface area contributed by atoms with E-state index >= 15 is 0 Å². The van der Waals surface area contributed by atoms with E-state index in [0.717, 1.165) is 13.0 Å². The minimum Gasteiger partial charge on any atom is -0.468 e. The number of methoxy groups -OCH3 is 1. The van der Waals surface area contributed by atoms with Crippen molar-refractivity contribution >= 4 is 5.97 Å². The SMILES string of the molecule is COC(=O)C(C)(CC(C)N(C)C1CCOC1C)NC(C)C. The number of rotatable bonds is 7. The van der Waals surface area contributed by atoms with Gasteiger partial charge >= 0.3 is 5.97 Å². The molecule has 1 aliphatic heterocycles. The number of nitrogens with one attached hydrogen (secondary N) is 1. The summed E-state index contributed by atoms with van der Waals surface area (Å²) in [4.78, 5) is 14.5. The number of hydrogen-bond acceptors (Lipinski definition) is 5. The molecular formula is C16H32N2O3. The summed E-state index contributed by atoms with van der Waals surface area (Å²) in [6.07, 6.45) is 2.01. The highest BCUT2D eigenvalue weighted by molar-refractivity contribution is 5.80. The van der Waals surface area contributed by atoms with Crippen LogP contribution in [0.4, 0.5) is 0 Å². The number of nitrogens with zero attached hydrogens (tertiary/aromatic N) is 1. The quantitative estimate of drug-likeness (QED) is 0.727. The normalized spacial score (nSPS) is 26.9. The van der Waals surface area contributed by atoms with E-state index in [1.54, 1.807) is 0 Å². The summed E-state index contributed by atoms with van der Waals surface area (Å²) in [6, 6.07) is 0.899. The second kappa shape index (κ2) is 7.56. The minimum absolute atomic E-state index is 0.202. The third kappa shape index (κ3) is 4.66. The molecule has 124 valence electrons. The van der Waals surface area contributed by atoms with Gasteiger partial charge in [-0.2, -0.15) is 0 Å². The molecule has 0 saturated carbocycles. The lowest BCUT2D eigenvalue weighted by atomic mass is 9.91. The number of esters is 1. The van der Waals surface area contributed by atoms with Crippen LogP contribution in [-0.4, -0.2) is 61.4 Å². The number of likely N-dealkylation sites (N-methyl/N-ethyl adjacent to an activating group) is 1. The van der Waals surface area contributed by atoms with Crippen molar-refractivity contribution in [3.05, 3.63) is 0 Å². The van der Waals surface area contributed by atoms with Gasteiger partial charge < -0.3 is 9.47 Å². The number of carbonyl (C=O) groups is 1. The first-order valence-corrected chi connectivity index (χ1v) is 7.91. The van der Waals surface area contributed by atoms with Gasteiger partial charge in [-0.25, -0.2) is 0 Å². The number of hydrogen-bond donors (Lipinski definition) is 1. The Hall–Kier alpha value is -0.650. The van der Waals surface area contributed by atoms with E-state index in [1.165, 1.54) is 7.11 Å². The lowest BCUT2D eigenvalue weighted by Gasteiger charge is -2.38. The van der Waals surface area contributed by atoms with Gasteiger partial charge in [0.2, 0.25) is 0 Å². The van der Waals surface area contributed by atoms with E-state index in [9.17, 15) is 4.79 Å². The van der Waals surface area contributed by atoms with Crippen molar-refractivity contribution in [1.82, 2.24) is 10.2 Å². The number of carbonyl (C=O) groups excluding carboxylic acids is 1. The molecule has 21 heavy (non-hydrogen) atoms. The van der Waals surface area contributed by atoms with Crippen LogP contribution < -0.4 is 5.32 Å². The predicted molar refractivity (Wildman–Crippen MR) is 84.4 cm³/mol. The second-order valence-corrected chi connectivity index (χ2v) is 6.77. The van der Waals surface area contributed by atoms with Crippen LogP contribution in [0.25, 0.3) is 0 Å². The topological polar surface area (TPSA) is 50.8 Å². The van der Waals surface area contributed by atoms with Crippen molar-refractivity contribution < 1.29 is 14.3 Å². The fraction of sp³-hybridized carbons (Fsp3) is 0.938. The molecule has 5 nitrogen and oxygen atoms in total. The van der Waals surface area contributed by atoms with Gasteiger partial charge in [0.25, 0.3) is 0 Å². The zero-order valence-corrected chi connectivity index (χ0v) is 14.6. The van der Waals surface area contributed by atoms with Crippen LogP contribution in [0, 0.1) is 0 Å². The molecule has 0 aromatic rings. The smallest absolute Gasteiger partial charge is 0.325 e. The Morgan fingerprint density at radius 1 is 1.48 bits per heavy atom. The van der Waals surface area contributed by atoms with Gasteiger partial charge in [-0.1, -0.05) is 0 Å². The van der Waals surface area contributed by atoms with E-state index in [2.05, 4.69) is 31.1 Å². The first-order valence-electron chi connectivity index (χ1n) is 7.91. The van der Waals surface area contributed by atoms with Crippen LogP contribution in [0.15, 0.2) is 0 Å². The maximum atomic E-state index is 12.2. The van der Waals surface area contributed by atoms with Crippen molar-refractivity contribution in [3.8, 4) is 0 Å². The third-order valence-electron chi connectivity index (χ3n) is 4.50. The second-order valence-electron chi connectivity index (χ2n) is 6.77. The summed E-state index contributed by atoms with van der Waals surface area (Å²) >= 11 is 0. The minimum atomic E-state index is -0.667. The molecule has 0 radical (unpaired) electrons. The highest BCUT2D eigenvalue weighted by Gasteiger charge is 2.39. The molecule has 0 aromatic heterocycles. The van der Waals surface area contributed by atoms with Gasteiger partial charge in [0.15, 0.2) is 0 Å². The van der Waals surface area contributed by atoms with Gasteiger partial charge in [-0.15, -0.1) is 0 Å². The number of ether oxygens (including phenoxy) is 2. The maximum Gasteiger partial charge on any atom is 0.325 e. The lowest BCUT2D eigenvalue weighted by Crippen LogP contribution is -2.57. The van der Waals surface area contributed by atoms with Crippen LogP contribution >= 0.6 is 0 Å². The van der Waals surface area contributed by atoms with Gasteiger partial charge in [-0.05, 0) is 54.5 Å². The summed E-state index contributed by atoms with van der Waals surface area (Å²) < 4.78 is 10.6. The summed E-state index contributed by atoms with van der Waals surface area (Å²) in [5, 5.41) is 3.36. The fourth-order valence-electron chi connectivity index (χ4n) is 3.38. The van der Waals surface area contributed by atoms with Crippen LogP contribution in [0.3, 0.4) is 0 Å². The van der Waals surface area contributed by atoms with Gasteiger partial charge in [0.1, 0.15) is 5.54 Å². The maximum absolute atomic E-state index is 12.2. The Morgan fingerprint density at radius 2 is 2.10 bits per heavy atom. The van der Waals surface area contributed by atoms with E-state index < -0.39 is 5.54 Å². The molecule has 1 heterocycles. The molecule has 0 bridgehead atoms. The predicted octanol–water partition coefficient (Wildman–Crippen LogP) is 1.80. The Kier molecular flexibility index (Phi) is 6.63. The molecule has 4 atom stereocenters. The van der Waals surface area contributed by atoms with Crippen LogP contribution in [-0.2, 0) is 14.3 Å². The van der Waals surface area contributed by atoms with Crippen LogP contribution in [0.1, 0.15) is 47.5 Å². The molecule has 4 unspecified atom stereocenters. The Balaban J connectivity index is 2.75. The molecule has 1 N–H and O–H groups in total. The summed E-state index contributed by atoms with van der Waals surface area (Å²) in [5.41, 5.74) is -0.667. The highest BCUT2D eigenvalue weighted by atomic mass is 16.5. The highest BCUT2D eigenvalue weighted by Crippen LogP contribution is 2.24.